The molecular weight excluding hydrogens is 304 g/mol. The fourth-order valence-electron chi connectivity index (χ4n) is 2.67. The van der Waals surface area contributed by atoms with Crippen molar-refractivity contribution >= 4 is 17.6 Å². The second-order valence-electron chi connectivity index (χ2n) is 5.17. The summed E-state index contributed by atoms with van der Waals surface area (Å²) in [6.45, 7) is 0.371. The maximum absolute atomic E-state index is 13.8. The van der Waals surface area contributed by atoms with E-state index in [1.54, 1.807) is 18.2 Å². The Labute approximate surface area is 131 Å². The Morgan fingerprint density at radius 1 is 1.13 bits per heavy atom. The lowest BCUT2D eigenvalue weighted by Gasteiger charge is -2.18. The van der Waals surface area contributed by atoms with Gasteiger partial charge in [-0.15, -0.1) is 0 Å². The molecule has 23 heavy (non-hydrogen) atoms. The number of fused-ring (bicyclic) bond motifs is 1. The highest BCUT2D eigenvalue weighted by Crippen LogP contribution is 2.30. The van der Waals surface area contributed by atoms with Crippen molar-refractivity contribution in [3.63, 3.8) is 0 Å². The van der Waals surface area contributed by atoms with Crippen molar-refractivity contribution < 1.29 is 23.1 Å². The number of carbonyl (C=O) groups is 2. The largest absolute Gasteiger partial charge is 0.465 e. The van der Waals surface area contributed by atoms with Gasteiger partial charge in [-0.25, -0.2) is 13.6 Å². The molecule has 0 N–H and O–H groups in total. The molecule has 3 rings (SSSR count). The number of hydrogen-bond donors (Lipinski definition) is 0. The minimum atomic E-state index is -0.894. The third kappa shape index (κ3) is 2.67. The number of nitrogens with zero attached hydrogens (tertiary/aromatic N) is 1. The number of hydrogen-bond acceptors (Lipinski definition) is 3. The first-order chi connectivity index (χ1) is 11.0. The van der Waals surface area contributed by atoms with Gasteiger partial charge in [-0.3, -0.25) is 4.79 Å². The van der Waals surface area contributed by atoms with Gasteiger partial charge in [-0.1, -0.05) is 0 Å². The number of halogens is 2. The number of esters is 1. The molecule has 1 amide bonds. The quantitative estimate of drug-likeness (QED) is 0.800. The Kier molecular flexibility index (Phi) is 3.82. The van der Waals surface area contributed by atoms with Crippen molar-refractivity contribution in [2.24, 2.45) is 0 Å². The highest BCUT2D eigenvalue weighted by atomic mass is 19.1. The number of benzene rings is 2. The minimum Gasteiger partial charge on any atom is -0.465 e. The summed E-state index contributed by atoms with van der Waals surface area (Å²) in [5.41, 5.74) is 1.64. The van der Waals surface area contributed by atoms with Gasteiger partial charge in [-0.05, 0) is 42.3 Å². The van der Waals surface area contributed by atoms with E-state index in [9.17, 15) is 18.4 Å². The number of ether oxygens (including phenoxy) is 1. The molecule has 0 unspecified atom stereocenters. The van der Waals surface area contributed by atoms with Crippen molar-refractivity contribution in [2.75, 3.05) is 18.6 Å². The maximum atomic E-state index is 13.8. The van der Waals surface area contributed by atoms with E-state index in [1.807, 2.05) is 0 Å². The van der Waals surface area contributed by atoms with Gasteiger partial charge in [0.15, 0.2) is 0 Å². The Morgan fingerprint density at radius 2 is 1.91 bits per heavy atom. The molecule has 0 aromatic heterocycles. The highest BCUT2D eigenvalue weighted by molar-refractivity contribution is 6.07. The summed E-state index contributed by atoms with van der Waals surface area (Å²) in [6, 6.07) is 7.71. The van der Waals surface area contributed by atoms with Crippen LogP contribution in [0.2, 0.25) is 0 Å². The summed E-state index contributed by atoms with van der Waals surface area (Å²) < 4.78 is 31.4. The zero-order valence-corrected chi connectivity index (χ0v) is 12.3. The SMILES string of the molecule is COC(=O)c1ccc2c(c1)CCN2C(=O)c1ccc(F)cc1F. The van der Waals surface area contributed by atoms with Crippen molar-refractivity contribution in [1.82, 2.24) is 0 Å². The molecule has 0 fully saturated rings. The zero-order valence-electron chi connectivity index (χ0n) is 12.3. The first-order valence-electron chi connectivity index (χ1n) is 6.99. The van der Waals surface area contributed by atoms with Crippen LogP contribution in [0.25, 0.3) is 0 Å². The molecule has 0 aliphatic carbocycles. The fourth-order valence-corrected chi connectivity index (χ4v) is 2.67. The van der Waals surface area contributed by atoms with E-state index in [2.05, 4.69) is 4.74 Å². The van der Waals surface area contributed by atoms with Crippen LogP contribution in [0.1, 0.15) is 26.3 Å². The smallest absolute Gasteiger partial charge is 0.337 e. The Morgan fingerprint density at radius 3 is 2.61 bits per heavy atom. The van der Waals surface area contributed by atoms with Gasteiger partial charge in [0.25, 0.3) is 5.91 Å². The maximum Gasteiger partial charge on any atom is 0.337 e. The summed E-state index contributed by atoms with van der Waals surface area (Å²) in [5.74, 6) is -2.62. The van der Waals surface area contributed by atoms with Gasteiger partial charge in [-0.2, -0.15) is 0 Å². The first-order valence-corrected chi connectivity index (χ1v) is 6.99. The lowest BCUT2D eigenvalue weighted by molar-refractivity contribution is 0.0600. The molecule has 0 saturated carbocycles. The van der Waals surface area contributed by atoms with Crippen LogP contribution in [0.4, 0.5) is 14.5 Å². The van der Waals surface area contributed by atoms with E-state index < -0.39 is 23.5 Å². The van der Waals surface area contributed by atoms with Gasteiger partial charge in [0, 0.05) is 18.3 Å². The lowest BCUT2D eigenvalue weighted by atomic mass is 10.1. The molecule has 1 heterocycles. The predicted molar refractivity (Wildman–Crippen MR) is 79.5 cm³/mol. The molecule has 2 aromatic rings. The molecule has 1 aliphatic rings. The molecule has 118 valence electrons. The number of rotatable bonds is 2. The zero-order chi connectivity index (χ0) is 16.6. The van der Waals surface area contributed by atoms with Crippen LogP contribution < -0.4 is 4.90 Å². The third-order valence-electron chi connectivity index (χ3n) is 3.80. The average molecular weight is 317 g/mol. The number of methoxy groups -OCH3 is 1. The van der Waals surface area contributed by atoms with E-state index in [1.165, 1.54) is 12.0 Å². The van der Waals surface area contributed by atoms with Crippen molar-refractivity contribution in [1.29, 1.82) is 0 Å². The summed E-state index contributed by atoms with van der Waals surface area (Å²) >= 11 is 0. The summed E-state index contributed by atoms with van der Waals surface area (Å²) in [4.78, 5) is 25.5. The van der Waals surface area contributed by atoms with Gasteiger partial charge in [0.05, 0.1) is 18.2 Å². The van der Waals surface area contributed by atoms with Crippen LogP contribution in [0.5, 0.6) is 0 Å². The van der Waals surface area contributed by atoms with Gasteiger partial charge in [0.1, 0.15) is 11.6 Å². The normalized spacial score (nSPS) is 12.9. The number of anilines is 1. The molecule has 2 aromatic carbocycles. The predicted octanol–water partition coefficient (Wildman–Crippen LogP) is 2.95. The van der Waals surface area contributed by atoms with E-state index in [-0.39, 0.29) is 5.56 Å². The minimum absolute atomic E-state index is 0.184. The van der Waals surface area contributed by atoms with Crippen LogP contribution >= 0.6 is 0 Å². The van der Waals surface area contributed by atoms with Gasteiger partial charge >= 0.3 is 5.97 Å². The average Bonchev–Trinajstić information content (AvgIpc) is 2.96. The Bertz CT molecular complexity index is 804. The Hall–Kier alpha value is -2.76. The topological polar surface area (TPSA) is 46.6 Å². The van der Waals surface area contributed by atoms with Crippen LogP contribution in [0.3, 0.4) is 0 Å². The van der Waals surface area contributed by atoms with E-state index in [0.717, 1.165) is 17.7 Å². The molecule has 0 bridgehead atoms. The second kappa shape index (κ2) is 5.79. The highest BCUT2D eigenvalue weighted by Gasteiger charge is 2.28. The summed E-state index contributed by atoms with van der Waals surface area (Å²) in [5, 5.41) is 0. The molecular formula is C17H13F2NO3. The first kappa shape index (κ1) is 15.1. The standard InChI is InChI=1S/C17H13F2NO3/c1-23-17(22)11-2-5-15-10(8-11)6-7-20(15)16(21)13-4-3-12(18)9-14(13)19/h2-5,8-9H,6-7H2,1H3. The van der Waals surface area contributed by atoms with E-state index in [0.29, 0.717) is 30.3 Å². The second-order valence-corrected chi connectivity index (χ2v) is 5.17. The van der Waals surface area contributed by atoms with Gasteiger partial charge < -0.3 is 9.64 Å². The number of amides is 1. The molecule has 0 radical (unpaired) electrons. The van der Waals surface area contributed by atoms with Crippen LogP contribution in [-0.4, -0.2) is 25.5 Å². The molecule has 0 atom stereocenters. The van der Waals surface area contributed by atoms with Crippen LogP contribution in [0.15, 0.2) is 36.4 Å². The van der Waals surface area contributed by atoms with Crippen molar-refractivity contribution in [2.45, 2.75) is 6.42 Å². The van der Waals surface area contributed by atoms with E-state index >= 15 is 0 Å². The fraction of sp³-hybridized carbons (Fsp3) is 0.176. The van der Waals surface area contributed by atoms with Crippen molar-refractivity contribution in [3.05, 3.63) is 64.7 Å². The van der Waals surface area contributed by atoms with Crippen LogP contribution in [-0.2, 0) is 11.2 Å². The Balaban J connectivity index is 1.93. The summed E-state index contributed by atoms with van der Waals surface area (Å²) in [7, 11) is 1.29. The van der Waals surface area contributed by atoms with E-state index in [4.69, 9.17) is 0 Å². The molecule has 4 nitrogen and oxygen atoms in total. The molecule has 0 saturated heterocycles. The molecule has 6 heteroatoms. The monoisotopic (exact) mass is 317 g/mol. The summed E-state index contributed by atoms with van der Waals surface area (Å²) in [6.07, 6.45) is 0.550. The van der Waals surface area contributed by atoms with Crippen molar-refractivity contribution in [3.8, 4) is 0 Å². The van der Waals surface area contributed by atoms with Crippen LogP contribution in [0, 0.1) is 11.6 Å². The van der Waals surface area contributed by atoms with Gasteiger partial charge in [0.2, 0.25) is 0 Å². The molecule has 0 spiro atoms. The lowest BCUT2D eigenvalue weighted by Crippen LogP contribution is -2.29. The molecule has 1 aliphatic heterocycles. The third-order valence-corrected chi connectivity index (χ3v) is 3.80. The number of carbonyl (C=O) groups excluding carboxylic acids is 2.